The van der Waals surface area contributed by atoms with Crippen molar-refractivity contribution in [2.45, 2.75) is 69.7 Å². The monoisotopic (exact) mass is 240 g/mol. The molecule has 1 heterocycles. The molecular formula is C14H28N2O. The van der Waals surface area contributed by atoms with Crippen LogP contribution in [-0.2, 0) is 4.74 Å². The molecule has 0 radical (unpaired) electrons. The first-order chi connectivity index (χ1) is 8.20. The fraction of sp³-hybridized carbons (Fsp3) is 1.00. The van der Waals surface area contributed by atoms with Gasteiger partial charge in [0.05, 0.1) is 6.10 Å². The van der Waals surface area contributed by atoms with E-state index in [-0.39, 0.29) is 0 Å². The van der Waals surface area contributed by atoms with Crippen LogP contribution in [0, 0.1) is 0 Å². The van der Waals surface area contributed by atoms with Crippen molar-refractivity contribution in [3.8, 4) is 0 Å². The molecular weight excluding hydrogens is 212 g/mol. The van der Waals surface area contributed by atoms with Crippen molar-refractivity contribution in [1.82, 2.24) is 10.2 Å². The summed E-state index contributed by atoms with van der Waals surface area (Å²) in [4.78, 5) is 2.64. The van der Waals surface area contributed by atoms with Crippen molar-refractivity contribution >= 4 is 0 Å². The van der Waals surface area contributed by atoms with Gasteiger partial charge in [-0.1, -0.05) is 0 Å². The van der Waals surface area contributed by atoms with Crippen LogP contribution >= 0.6 is 0 Å². The molecule has 100 valence electrons. The van der Waals surface area contributed by atoms with Gasteiger partial charge in [-0.15, -0.1) is 0 Å². The number of hydrogen-bond donors (Lipinski definition) is 1. The van der Waals surface area contributed by atoms with E-state index in [0.717, 1.165) is 24.7 Å². The van der Waals surface area contributed by atoms with E-state index in [1.165, 1.54) is 38.5 Å². The average Bonchev–Trinajstić information content (AvgIpc) is 2.38. The molecule has 0 amide bonds. The van der Waals surface area contributed by atoms with Gasteiger partial charge in [-0.2, -0.15) is 0 Å². The van der Waals surface area contributed by atoms with E-state index in [1.54, 1.807) is 0 Å². The number of rotatable bonds is 3. The topological polar surface area (TPSA) is 24.5 Å². The van der Waals surface area contributed by atoms with Crippen LogP contribution in [-0.4, -0.2) is 49.8 Å². The SMILES string of the molecule is CNC1CCC(N(C)C2CCOC(C)C2)CC1. The van der Waals surface area contributed by atoms with Crippen LogP contribution in [0.3, 0.4) is 0 Å². The van der Waals surface area contributed by atoms with Crippen LogP contribution in [0.25, 0.3) is 0 Å². The Bertz CT molecular complexity index is 226. The Balaban J connectivity index is 1.81. The summed E-state index contributed by atoms with van der Waals surface area (Å²) in [5.41, 5.74) is 0. The second-order valence-corrected chi connectivity index (χ2v) is 5.82. The molecule has 1 saturated carbocycles. The third kappa shape index (κ3) is 3.43. The van der Waals surface area contributed by atoms with Gasteiger partial charge in [0.15, 0.2) is 0 Å². The first-order valence-corrected chi connectivity index (χ1v) is 7.21. The molecule has 3 heteroatoms. The van der Waals surface area contributed by atoms with E-state index in [4.69, 9.17) is 4.74 Å². The lowest BCUT2D eigenvalue weighted by Crippen LogP contribution is -2.47. The fourth-order valence-corrected chi connectivity index (χ4v) is 3.41. The summed E-state index contributed by atoms with van der Waals surface area (Å²) in [7, 11) is 4.42. The van der Waals surface area contributed by atoms with Crippen molar-refractivity contribution in [2.75, 3.05) is 20.7 Å². The van der Waals surface area contributed by atoms with Gasteiger partial charge in [0.25, 0.3) is 0 Å². The summed E-state index contributed by atoms with van der Waals surface area (Å²) < 4.78 is 5.64. The second-order valence-electron chi connectivity index (χ2n) is 5.82. The Morgan fingerprint density at radius 1 is 1.06 bits per heavy atom. The highest BCUT2D eigenvalue weighted by atomic mass is 16.5. The standard InChI is InChI=1S/C14H28N2O/c1-11-10-14(8-9-17-11)16(3)13-6-4-12(15-2)5-7-13/h11-15H,4-10H2,1-3H3. The van der Waals surface area contributed by atoms with Crippen molar-refractivity contribution in [2.24, 2.45) is 0 Å². The van der Waals surface area contributed by atoms with Crippen LogP contribution in [0.1, 0.15) is 45.4 Å². The highest BCUT2D eigenvalue weighted by Gasteiger charge is 2.29. The lowest BCUT2D eigenvalue weighted by atomic mass is 9.88. The molecule has 0 aromatic rings. The maximum Gasteiger partial charge on any atom is 0.0561 e. The minimum Gasteiger partial charge on any atom is -0.378 e. The van der Waals surface area contributed by atoms with E-state index < -0.39 is 0 Å². The van der Waals surface area contributed by atoms with Gasteiger partial charge >= 0.3 is 0 Å². The summed E-state index contributed by atoms with van der Waals surface area (Å²) >= 11 is 0. The van der Waals surface area contributed by atoms with Crippen molar-refractivity contribution < 1.29 is 4.74 Å². The second kappa shape index (κ2) is 6.17. The minimum atomic E-state index is 0.449. The summed E-state index contributed by atoms with van der Waals surface area (Å²) in [6, 6.07) is 2.30. The molecule has 0 aromatic carbocycles. The number of nitrogens with one attached hydrogen (secondary N) is 1. The highest BCUT2D eigenvalue weighted by Crippen LogP contribution is 2.27. The number of ether oxygens (including phenoxy) is 1. The minimum absolute atomic E-state index is 0.449. The molecule has 2 aliphatic rings. The Morgan fingerprint density at radius 3 is 2.35 bits per heavy atom. The first-order valence-electron chi connectivity index (χ1n) is 7.21. The molecule has 2 rings (SSSR count). The molecule has 17 heavy (non-hydrogen) atoms. The van der Waals surface area contributed by atoms with Crippen LogP contribution in [0.4, 0.5) is 0 Å². The molecule has 1 N–H and O–H groups in total. The normalized spacial score (nSPS) is 39.5. The van der Waals surface area contributed by atoms with E-state index in [2.05, 4.69) is 31.2 Å². The fourth-order valence-electron chi connectivity index (χ4n) is 3.41. The third-order valence-corrected chi connectivity index (χ3v) is 4.71. The molecule has 0 spiro atoms. The zero-order valence-corrected chi connectivity index (χ0v) is 11.6. The Kier molecular flexibility index (Phi) is 4.83. The average molecular weight is 240 g/mol. The van der Waals surface area contributed by atoms with E-state index >= 15 is 0 Å². The summed E-state index contributed by atoms with van der Waals surface area (Å²) in [5.74, 6) is 0. The molecule has 0 aromatic heterocycles. The Morgan fingerprint density at radius 2 is 1.76 bits per heavy atom. The van der Waals surface area contributed by atoms with Gasteiger partial charge in [-0.05, 0) is 59.5 Å². The zero-order valence-electron chi connectivity index (χ0n) is 11.6. The lowest BCUT2D eigenvalue weighted by molar-refractivity contribution is -0.0249. The predicted octanol–water partition coefficient (Wildman–Crippen LogP) is 2.02. The maximum absolute atomic E-state index is 5.64. The van der Waals surface area contributed by atoms with Gasteiger partial charge in [0.1, 0.15) is 0 Å². The largest absolute Gasteiger partial charge is 0.378 e. The molecule has 3 nitrogen and oxygen atoms in total. The van der Waals surface area contributed by atoms with Crippen LogP contribution in [0.5, 0.6) is 0 Å². The van der Waals surface area contributed by atoms with E-state index in [1.807, 2.05) is 0 Å². The molecule has 1 aliphatic carbocycles. The Labute approximate surface area is 106 Å². The van der Waals surface area contributed by atoms with Crippen LogP contribution in [0.15, 0.2) is 0 Å². The van der Waals surface area contributed by atoms with Crippen LogP contribution in [0.2, 0.25) is 0 Å². The van der Waals surface area contributed by atoms with Crippen molar-refractivity contribution in [1.29, 1.82) is 0 Å². The van der Waals surface area contributed by atoms with E-state index in [9.17, 15) is 0 Å². The van der Waals surface area contributed by atoms with Gasteiger partial charge in [0, 0.05) is 24.7 Å². The van der Waals surface area contributed by atoms with Crippen molar-refractivity contribution in [3.63, 3.8) is 0 Å². The maximum atomic E-state index is 5.64. The lowest BCUT2D eigenvalue weighted by Gasteiger charge is -2.41. The molecule has 2 fully saturated rings. The summed E-state index contributed by atoms with van der Waals surface area (Å²) in [6.07, 6.45) is 8.26. The van der Waals surface area contributed by atoms with Crippen LogP contribution < -0.4 is 5.32 Å². The summed E-state index contributed by atoms with van der Waals surface area (Å²) in [6.45, 7) is 3.15. The zero-order chi connectivity index (χ0) is 12.3. The Hall–Kier alpha value is -0.120. The number of nitrogens with zero attached hydrogens (tertiary/aromatic N) is 1. The third-order valence-electron chi connectivity index (χ3n) is 4.71. The highest BCUT2D eigenvalue weighted by molar-refractivity contribution is 4.85. The summed E-state index contributed by atoms with van der Waals surface area (Å²) in [5, 5.41) is 3.41. The van der Waals surface area contributed by atoms with Gasteiger partial charge in [-0.3, -0.25) is 0 Å². The number of hydrogen-bond acceptors (Lipinski definition) is 3. The van der Waals surface area contributed by atoms with E-state index in [0.29, 0.717) is 6.10 Å². The molecule has 1 aliphatic heterocycles. The molecule has 1 saturated heterocycles. The molecule has 2 unspecified atom stereocenters. The van der Waals surface area contributed by atoms with Gasteiger partial charge in [-0.25, -0.2) is 0 Å². The van der Waals surface area contributed by atoms with Gasteiger partial charge in [0.2, 0.25) is 0 Å². The first kappa shape index (κ1) is 13.3. The quantitative estimate of drug-likeness (QED) is 0.817. The smallest absolute Gasteiger partial charge is 0.0561 e. The van der Waals surface area contributed by atoms with Gasteiger partial charge < -0.3 is 15.0 Å². The van der Waals surface area contributed by atoms with Crippen molar-refractivity contribution in [3.05, 3.63) is 0 Å². The predicted molar refractivity (Wildman–Crippen MR) is 71.3 cm³/mol. The molecule has 2 atom stereocenters. The molecule has 0 bridgehead atoms.